The Morgan fingerprint density at radius 2 is 1.80 bits per heavy atom. The van der Waals surface area contributed by atoms with Gasteiger partial charge in [0.25, 0.3) is 0 Å². The van der Waals surface area contributed by atoms with E-state index in [1.54, 1.807) is 45.0 Å². The molecule has 20 heavy (non-hydrogen) atoms. The van der Waals surface area contributed by atoms with Crippen molar-refractivity contribution < 1.29 is 19.1 Å². The molecule has 0 atom stereocenters. The smallest absolute Gasteiger partial charge is 0.412 e. The second-order valence-electron chi connectivity index (χ2n) is 5.06. The van der Waals surface area contributed by atoms with Crippen molar-refractivity contribution in [1.29, 1.82) is 0 Å². The molecule has 1 amide bonds. The first-order valence-corrected chi connectivity index (χ1v) is 6.83. The van der Waals surface area contributed by atoms with Crippen molar-refractivity contribution in [3.8, 4) is 0 Å². The minimum atomic E-state index is -0.555. The Balaban J connectivity index is 2.58. The van der Waals surface area contributed by atoms with Crippen molar-refractivity contribution in [2.45, 2.75) is 26.4 Å². The molecule has 6 heteroatoms. The Morgan fingerprint density at radius 3 is 2.30 bits per heavy atom. The van der Waals surface area contributed by atoms with Crippen LogP contribution in [0.2, 0.25) is 0 Å². The summed E-state index contributed by atoms with van der Waals surface area (Å²) in [6, 6.07) is 6.38. The van der Waals surface area contributed by atoms with Gasteiger partial charge in [-0.25, -0.2) is 9.59 Å². The first kappa shape index (κ1) is 16.4. The molecular formula is C14H19NO4S. The van der Waals surface area contributed by atoms with Crippen molar-refractivity contribution >= 4 is 30.4 Å². The first-order valence-electron chi connectivity index (χ1n) is 6.20. The van der Waals surface area contributed by atoms with Crippen LogP contribution in [0.1, 0.15) is 31.1 Å². The number of rotatable bonds is 4. The molecule has 0 aliphatic carbocycles. The molecule has 0 radical (unpaired) electrons. The second-order valence-corrected chi connectivity index (χ2v) is 5.51. The lowest BCUT2D eigenvalue weighted by Gasteiger charge is -2.19. The number of hydrogen-bond acceptors (Lipinski definition) is 5. The van der Waals surface area contributed by atoms with Gasteiger partial charge in [-0.3, -0.25) is 5.32 Å². The van der Waals surface area contributed by atoms with E-state index in [-0.39, 0.29) is 6.61 Å². The average Bonchev–Trinajstić information content (AvgIpc) is 2.34. The highest BCUT2D eigenvalue weighted by Gasteiger charge is 2.16. The molecule has 0 bridgehead atoms. The summed E-state index contributed by atoms with van der Waals surface area (Å²) in [4.78, 5) is 23.1. The fourth-order valence-corrected chi connectivity index (χ4v) is 1.42. The van der Waals surface area contributed by atoms with E-state index in [2.05, 4.69) is 17.9 Å². The largest absolute Gasteiger partial charge is 0.461 e. The highest BCUT2D eigenvalue weighted by molar-refractivity contribution is 7.80. The van der Waals surface area contributed by atoms with E-state index < -0.39 is 17.7 Å². The predicted octanol–water partition coefficient (Wildman–Crippen LogP) is 3.12. The Kier molecular flexibility index (Phi) is 5.88. The molecule has 0 spiro atoms. The van der Waals surface area contributed by atoms with E-state index in [9.17, 15) is 9.59 Å². The molecule has 0 heterocycles. The molecule has 1 N–H and O–H groups in total. The Bertz CT molecular complexity index is 465. The summed E-state index contributed by atoms with van der Waals surface area (Å²) in [7, 11) is 0. The molecule has 0 aromatic heterocycles. The van der Waals surface area contributed by atoms with E-state index >= 15 is 0 Å². The molecule has 0 saturated heterocycles. The van der Waals surface area contributed by atoms with Crippen LogP contribution in [0.15, 0.2) is 24.3 Å². The number of carbonyl (C=O) groups is 2. The van der Waals surface area contributed by atoms with Gasteiger partial charge in [0.05, 0.1) is 5.56 Å². The molecule has 0 saturated carbocycles. The van der Waals surface area contributed by atoms with Crippen molar-refractivity contribution in [2.75, 3.05) is 17.7 Å². The Hall–Kier alpha value is -1.69. The van der Waals surface area contributed by atoms with Crippen LogP contribution in [-0.4, -0.2) is 30.0 Å². The lowest BCUT2D eigenvalue weighted by molar-refractivity contribution is 0.0530. The third-order valence-corrected chi connectivity index (χ3v) is 2.27. The molecule has 1 aromatic carbocycles. The van der Waals surface area contributed by atoms with Crippen LogP contribution in [0, 0.1) is 0 Å². The monoisotopic (exact) mass is 297 g/mol. The maximum atomic E-state index is 11.6. The second kappa shape index (κ2) is 7.19. The molecule has 0 aliphatic heterocycles. The van der Waals surface area contributed by atoms with Crippen LogP contribution in [0.4, 0.5) is 10.5 Å². The number of hydrogen-bond donors (Lipinski definition) is 2. The molecule has 0 aliphatic rings. The number of thiol groups is 1. The molecule has 0 fully saturated rings. The van der Waals surface area contributed by atoms with Gasteiger partial charge >= 0.3 is 12.1 Å². The zero-order valence-electron chi connectivity index (χ0n) is 11.8. The quantitative estimate of drug-likeness (QED) is 0.662. The van der Waals surface area contributed by atoms with E-state index in [4.69, 9.17) is 9.47 Å². The highest BCUT2D eigenvalue weighted by Crippen LogP contribution is 2.13. The number of anilines is 1. The van der Waals surface area contributed by atoms with Gasteiger partial charge in [0.2, 0.25) is 0 Å². The third kappa shape index (κ3) is 5.97. The minimum absolute atomic E-state index is 0.264. The van der Waals surface area contributed by atoms with Gasteiger partial charge in [0.1, 0.15) is 12.2 Å². The molecule has 1 aromatic rings. The summed E-state index contributed by atoms with van der Waals surface area (Å²) in [5, 5.41) is 2.58. The number of benzene rings is 1. The maximum absolute atomic E-state index is 11.6. The molecular weight excluding hydrogens is 278 g/mol. The lowest BCUT2D eigenvalue weighted by Crippen LogP contribution is -2.27. The van der Waals surface area contributed by atoms with Crippen LogP contribution in [0.3, 0.4) is 0 Å². The summed E-state index contributed by atoms with van der Waals surface area (Å²) in [6.07, 6.45) is -0.539. The molecule has 1 rings (SSSR count). The summed E-state index contributed by atoms with van der Waals surface area (Å²) in [5.41, 5.74) is 0.409. The standard InChI is InChI=1S/C14H19NO4S/c1-14(2,3)19-13(17)15-11-6-4-10(5-7-11)12(16)18-8-9-20/h4-7,20H,8-9H2,1-3H3,(H,15,17). The number of nitrogens with one attached hydrogen (secondary N) is 1. The van der Waals surface area contributed by atoms with Crippen molar-refractivity contribution in [1.82, 2.24) is 0 Å². The summed E-state index contributed by atoms with van der Waals surface area (Å²) in [6.45, 7) is 5.62. The number of carbonyl (C=O) groups excluding carboxylic acids is 2. The van der Waals surface area contributed by atoms with E-state index in [0.29, 0.717) is 17.0 Å². The molecule has 110 valence electrons. The maximum Gasteiger partial charge on any atom is 0.412 e. The van der Waals surface area contributed by atoms with Crippen molar-refractivity contribution in [3.05, 3.63) is 29.8 Å². The summed E-state index contributed by atoms with van der Waals surface area (Å²) < 4.78 is 10.1. The van der Waals surface area contributed by atoms with Gasteiger partial charge in [0, 0.05) is 11.4 Å². The van der Waals surface area contributed by atoms with Gasteiger partial charge < -0.3 is 9.47 Å². The fourth-order valence-electron chi connectivity index (χ4n) is 1.33. The van der Waals surface area contributed by atoms with E-state index in [0.717, 1.165) is 0 Å². The lowest BCUT2D eigenvalue weighted by atomic mass is 10.2. The topological polar surface area (TPSA) is 64.6 Å². The Morgan fingerprint density at radius 1 is 1.20 bits per heavy atom. The zero-order chi connectivity index (χ0) is 15.2. The van der Waals surface area contributed by atoms with Crippen LogP contribution >= 0.6 is 12.6 Å². The van der Waals surface area contributed by atoms with Crippen LogP contribution < -0.4 is 5.32 Å². The SMILES string of the molecule is CC(C)(C)OC(=O)Nc1ccc(C(=O)OCCS)cc1. The molecule has 0 unspecified atom stereocenters. The predicted molar refractivity (Wildman–Crippen MR) is 80.4 cm³/mol. The van der Waals surface area contributed by atoms with E-state index in [1.807, 2.05) is 0 Å². The van der Waals surface area contributed by atoms with Gasteiger partial charge in [-0.2, -0.15) is 12.6 Å². The first-order chi connectivity index (χ1) is 9.31. The Labute approximate surface area is 124 Å². The highest BCUT2D eigenvalue weighted by atomic mass is 32.1. The van der Waals surface area contributed by atoms with Crippen LogP contribution in [0.5, 0.6) is 0 Å². The third-order valence-electron chi connectivity index (χ3n) is 2.09. The summed E-state index contributed by atoms with van der Waals surface area (Å²) in [5.74, 6) is 0.0622. The van der Waals surface area contributed by atoms with Crippen LogP contribution in [0.25, 0.3) is 0 Å². The van der Waals surface area contributed by atoms with Gasteiger partial charge in [-0.05, 0) is 45.0 Å². The minimum Gasteiger partial charge on any atom is -0.461 e. The normalized spacial score (nSPS) is 10.8. The zero-order valence-corrected chi connectivity index (χ0v) is 12.7. The van der Waals surface area contributed by atoms with Gasteiger partial charge in [-0.15, -0.1) is 0 Å². The van der Waals surface area contributed by atoms with Gasteiger partial charge in [-0.1, -0.05) is 0 Å². The van der Waals surface area contributed by atoms with Crippen molar-refractivity contribution in [3.63, 3.8) is 0 Å². The summed E-state index contributed by atoms with van der Waals surface area (Å²) >= 11 is 3.96. The van der Waals surface area contributed by atoms with Crippen molar-refractivity contribution in [2.24, 2.45) is 0 Å². The van der Waals surface area contributed by atoms with E-state index in [1.165, 1.54) is 0 Å². The molecule has 5 nitrogen and oxygen atoms in total. The fraction of sp³-hybridized carbons (Fsp3) is 0.429. The number of ether oxygens (including phenoxy) is 2. The number of esters is 1. The van der Waals surface area contributed by atoms with Crippen LogP contribution in [-0.2, 0) is 9.47 Å². The van der Waals surface area contributed by atoms with Gasteiger partial charge in [0.15, 0.2) is 0 Å². The number of amides is 1. The average molecular weight is 297 g/mol.